The summed E-state index contributed by atoms with van der Waals surface area (Å²) in [7, 11) is 0. The third kappa shape index (κ3) is 7.91. The number of carbonyl (C=O) groups is 5. The summed E-state index contributed by atoms with van der Waals surface area (Å²) < 4.78 is 5.40. The fraction of sp³-hybridized carbons (Fsp3) is 0.233. The molecule has 3 aromatic carbocycles. The topological polar surface area (TPSA) is 163 Å². The highest BCUT2D eigenvalue weighted by atomic mass is 16.5. The zero-order valence-corrected chi connectivity index (χ0v) is 22.1. The highest BCUT2D eigenvalue weighted by molar-refractivity contribution is 5.92. The third-order valence-electron chi connectivity index (χ3n) is 6.53. The van der Waals surface area contributed by atoms with Gasteiger partial charge in [-0.3, -0.25) is 19.2 Å². The highest BCUT2D eigenvalue weighted by Crippen LogP contribution is 2.44. The Morgan fingerprint density at radius 3 is 1.93 bits per heavy atom. The number of carbonyl (C=O) groups excluding carboxylic acids is 4. The van der Waals surface area contributed by atoms with Crippen LogP contribution in [0.2, 0.25) is 0 Å². The van der Waals surface area contributed by atoms with E-state index in [1.165, 1.54) is 0 Å². The Labute approximate surface area is 236 Å². The van der Waals surface area contributed by atoms with Crippen LogP contribution in [0.15, 0.2) is 78.9 Å². The van der Waals surface area contributed by atoms with Crippen LogP contribution >= 0.6 is 0 Å². The second-order valence-corrected chi connectivity index (χ2v) is 9.38. The Morgan fingerprint density at radius 2 is 1.29 bits per heavy atom. The quantitative estimate of drug-likeness (QED) is 0.225. The van der Waals surface area contributed by atoms with Gasteiger partial charge < -0.3 is 31.1 Å². The molecule has 4 amide bonds. The maximum atomic E-state index is 12.5. The van der Waals surface area contributed by atoms with Crippen molar-refractivity contribution in [3.05, 3.63) is 95.6 Å². The van der Waals surface area contributed by atoms with Gasteiger partial charge in [0.1, 0.15) is 25.7 Å². The number of carboxylic acids is 1. The molecule has 0 spiro atoms. The van der Waals surface area contributed by atoms with Crippen molar-refractivity contribution in [1.82, 2.24) is 21.3 Å². The summed E-state index contributed by atoms with van der Waals surface area (Å²) >= 11 is 0. The van der Waals surface area contributed by atoms with Crippen LogP contribution in [0.3, 0.4) is 0 Å². The van der Waals surface area contributed by atoms with Gasteiger partial charge >= 0.3 is 12.1 Å². The summed E-state index contributed by atoms with van der Waals surface area (Å²) in [5.41, 5.74) is 5.07. The number of fused-ring (bicyclic) bond motifs is 3. The molecule has 0 aromatic heterocycles. The molecule has 0 bridgehead atoms. The number of amides is 4. The molecule has 0 radical (unpaired) electrons. The Kier molecular flexibility index (Phi) is 9.66. The van der Waals surface area contributed by atoms with Crippen LogP contribution in [0.1, 0.15) is 22.6 Å². The fourth-order valence-corrected chi connectivity index (χ4v) is 4.63. The van der Waals surface area contributed by atoms with Crippen LogP contribution < -0.4 is 21.3 Å². The summed E-state index contributed by atoms with van der Waals surface area (Å²) in [6.45, 7) is -1.38. The monoisotopic (exact) mass is 558 g/mol. The minimum Gasteiger partial charge on any atom is -0.480 e. The second-order valence-electron chi connectivity index (χ2n) is 9.38. The number of aliphatic carboxylic acids is 1. The molecule has 1 aliphatic rings. The smallest absolute Gasteiger partial charge is 0.407 e. The minimum absolute atomic E-state index is 0.0939. The number of hydrogen-bond donors (Lipinski definition) is 5. The molecule has 0 aliphatic heterocycles. The van der Waals surface area contributed by atoms with Crippen LogP contribution in [0.4, 0.5) is 4.79 Å². The maximum absolute atomic E-state index is 12.5. The van der Waals surface area contributed by atoms with Crippen molar-refractivity contribution in [2.75, 3.05) is 26.2 Å². The molecule has 0 heterocycles. The van der Waals surface area contributed by atoms with E-state index in [0.717, 1.165) is 27.8 Å². The molecule has 0 saturated heterocycles. The molecule has 5 N–H and O–H groups in total. The summed E-state index contributed by atoms with van der Waals surface area (Å²) in [6, 6.07) is 23.7. The molecule has 0 unspecified atom stereocenters. The second kappa shape index (κ2) is 13.7. The number of rotatable bonds is 12. The van der Waals surface area contributed by atoms with Gasteiger partial charge in [0.05, 0.1) is 6.54 Å². The van der Waals surface area contributed by atoms with Gasteiger partial charge in [0.15, 0.2) is 0 Å². The normalized spacial score (nSPS) is 12.3. The van der Waals surface area contributed by atoms with Crippen molar-refractivity contribution in [2.45, 2.75) is 18.4 Å². The van der Waals surface area contributed by atoms with E-state index in [1.54, 1.807) is 30.3 Å². The molecular weight excluding hydrogens is 528 g/mol. The minimum atomic E-state index is -1.22. The number of ether oxygens (including phenoxy) is 1. The van der Waals surface area contributed by atoms with Gasteiger partial charge in [0.25, 0.3) is 0 Å². The van der Waals surface area contributed by atoms with Crippen molar-refractivity contribution in [2.24, 2.45) is 0 Å². The molecule has 41 heavy (non-hydrogen) atoms. The molecule has 212 valence electrons. The predicted octanol–water partition coefficient (Wildman–Crippen LogP) is 1.57. The third-order valence-corrected chi connectivity index (χ3v) is 6.53. The van der Waals surface area contributed by atoms with Crippen LogP contribution in [0.5, 0.6) is 0 Å². The molecule has 11 heteroatoms. The van der Waals surface area contributed by atoms with E-state index in [4.69, 9.17) is 9.84 Å². The summed E-state index contributed by atoms with van der Waals surface area (Å²) in [5.74, 6) is -3.32. The first kappa shape index (κ1) is 28.8. The lowest BCUT2D eigenvalue weighted by molar-refractivity contribution is -0.138. The number of carboxylic acid groups (broad SMARTS) is 1. The zero-order chi connectivity index (χ0) is 29.2. The molecule has 4 rings (SSSR count). The van der Waals surface area contributed by atoms with Crippen LogP contribution in [-0.2, 0) is 30.3 Å². The van der Waals surface area contributed by atoms with E-state index < -0.39 is 55.5 Å². The molecule has 0 fully saturated rings. The number of nitrogens with one attached hydrogen (secondary N) is 4. The first-order valence-corrected chi connectivity index (χ1v) is 13.0. The molecule has 11 nitrogen and oxygen atoms in total. The largest absolute Gasteiger partial charge is 0.480 e. The lowest BCUT2D eigenvalue weighted by Gasteiger charge is -2.18. The molecule has 3 aromatic rings. The summed E-state index contributed by atoms with van der Waals surface area (Å²) in [4.78, 5) is 60.2. The van der Waals surface area contributed by atoms with Gasteiger partial charge in [-0.05, 0) is 27.8 Å². The van der Waals surface area contributed by atoms with Crippen molar-refractivity contribution in [1.29, 1.82) is 0 Å². The standard InChI is InChI=1S/C30H30N4O7/c35-26(31-16-27(36)34-25(29(39)32-17-28(37)38)14-19-8-2-1-3-9-19)15-33-30(40)41-18-24-22-12-6-4-10-20(22)21-11-5-7-13-23(21)24/h1-13,24-25H,14-18H2,(H,31,35)(H,32,39)(H,33,40)(H,34,36)(H,37,38)/t25-/m0/s1. The summed E-state index contributed by atoms with van der Waals surface area (Å²) in [6.07, 6.45) is -0.653. The van der Waals surface area contributed by atoms with Crippen molar-refractivity contribution in [3.8, 4) is 11.1 Å². The maximum Gasteiger partial charge on any atom is 0.407 e. The molecular formula is C30H30N4O7. The van der Waals surface area contributed by atoms with E-state index in [-0.39, 0.29) is 18.9 Å². The van der Waals surface area contributed by atoms with Gasteiger partial charge in [-0.2, -0.15) is 0 Å². The van der Waals surface area contributed by atoms with E-state index in [2.05, 4.69) is 21.3 Å². The predicted molar refractivity (Wildman–Crippen MR) is 149 cm³/mol. The van der Waals surface area contributed by atoms with Crippen LogP contribution in [-0.4, -0.2) is 67.2 Å². The van der Waals surface area contributed by atoms with E-state index in [0.29, 0.717) is 0 Å². The Hall–Kier alpha value is -5.19. The van der Waals surface area contributed by atoms with Crippen LogP contribution in [0, 0.1) is 0 Å². The first-order valence-electron chi connectivity index (χ1n) is 13.0. The lowest BCUT2D eigenvalue weighted by Crippen LogP contribution is -2.51. The zero-order valence-electron chi connectivity index (χ0n) is 22.1. The van der Waals surface area contributed by atoms with Crippen LogP contribution in [0.25, 0.3) is 11.1 Å². The van der Waals surface area contributed by atoms with E-state index in [9.17, 15) is 24.0 Å². The van der Waals surface area contributed by atoms with E-state index in [1.807, 2.05) is 48.5 Å². The average Bonchev–Trinajstić information content (AvgIpc) is 3.30. The van der Waals surface area contributed by atoms with Crippen molar-refractivity contribution < 1.29 is 33.8 Å². The number of alkyl carbamates (subject to hydrolysis) is 1. The Morgan fingerprint density at radius 1 is 0.707 bits per heavy atom. The molecule has 0 saturated carbocycles. The van der Waals surface area contributed by atoms with Gasteiger partial charge in [0.2, 0.25) is 17.7 Å². The average molecular weight is 559 g/mol. The SMILES string of the molecule is O=C(O)CNC(=O)[C@H](Cc1ccccc1)NC(=O)CNC(=O)CNC(=O)OCC1c2ccccc2-c2ccccc21. The number of hydrogen-bond acceptors (Lipinski definition) is 6. The van der Waals surface area contributed by atoms with Gasteiger partial charge in [-0.25, -0.2) is 4.79 Å². The Bertz CT molecular complexity index is 1380. The van der Waals surface area contributed by atoms with Gasteiger partial charge in [-0.15, -0.1) is 0 Å². The van der Waals surface area contributed by atoms with Gasteiger partial charge in [0, 0.05) is 12.3 Å². The summed E-state index contributed by atoms with van der Waals surface area (Å²) in [5, 5.41) is 18.3. The molecule has 1 aliphatic carbocycles. The fourth-order valence-electron chi connectivity index (χ4n) is 4.63. The Balaban J connectivity index is 1.22. The molecule has 1 atom stereocenters. The van der Waals surface area contributed by atoms with Crippen molar-refractivity contribution in [3.63, 3.8) is 0 Å². The lowest BCUT2D eigenvalue weighted by atomic mass is 9.98. The highest BCUT2D eigenvalue weighted by Gasteiger charge is 2.29. The number of benzene rings is 3. The first-order chi connectivity index (χ1) is 19.8. The van der Waals surface area contributed by atoms with E-state index >= 15 is 0 Å². The van der Waals surface area contributed by atoms with Gasteiger partial charge in [-0.1, -0.05) is 78.9 Å². The van der Waals surface area contributed by atoms with Crippen molar-refractivity contribution >= 4 is 29.8 Å².